The summed E-state index contributed by atoms with van der Waals surface area (Å²) in [5.74, 6) is 0.694. The molecule has 0 radical (unpaired) electrons. The predicted octanol–water partition coefficient (Wildman–Crippen LogP) is 5.53. The Kier molecular flexibility index (Phi) is 6.00. The molecule has 1 aliphatic heterocycles. The van der Waals surface area contributed by atoms with Crippen LogP contribution < -0.4 is 0 Å². The number of halogens is 1. The zero-order valence-corrected chi connectivity index (χ0v) is 20.4. The topological polar surface area (TPSA) is 89.4 Å². The van der Waals surface area contributed by atoms with Gasteiger partial charge < -0.3 is 4.42 Å². The number of thioether (sulfide) groups is 1. The minimum absolute atomic E-state index is 0.146. The number of nitrogens with zero attached hydrogens (tertiary/aromatic N) is 6. The quantitative estimate of drug-likeness (QED) is 0.218. The molecule has 1 atom stereocenters. The molecule has 0 saturated carbocycles. The van der Waals surface area contributed by atoms with Gasteiger partial charge in [0.15, 0.2) is 5.65 Å². The van der Waals surface area contributed by atoms with Crippen molar-refractivity contribution in [3.63, 3.8) is 0 Å². The van der Waals surface area contributed by atoms with Crippen molar-refractivity contribution < 1.29 is 9.21 Å². The van der Waals surface area contributed by atoms with E-state index >= 15 is 0 Å². The Bertz CT molecular complexity index is 1550. The maximum absolute atomic E-state index is 13.4. The molecule has 0 spiro atoms. The zero-order chi connectivity index (χ0) is 24.5. The molecule has 2 aromatic carbocycles. The van der Waals surface area contributed by atoms with Gasteiger partial charge in [0.2, 0.25) is 0 Å². The van der Waals surface area contributed by atoms with E-state index in [4.69, 9.17) is 16.0 Å². The van der Waals surface area contributed by atoms with Crippen LogP contribution in [0.5, 0.6) is 0 Å². The number of hydrazone groups is 1. The Morgan fingerprint density at radius 3 is 2.67 bits per heavy atom. The van der Waals surface area contributed by atoms with Crippen molar-refractivity contribution >= 4 is 46.0 Å². The molecule has 0 bridgehead atoms. The van der Waals surface area contributed by atoms with Gasteiger partial charge >= 0.3 is 0 Å². The molecule has 0 aliphatic carbocycles. The summed E-state index contributed by atoms with van der Waals surface area (Å²) >= 11 is 7.38. The van der Waals surface area contributed by atoms with E-state index in [0.717, 1.165) is 22.3 Å². The van der Waals surface area contributed by atoms with Gasteiger partial charge in [0, 0.05) is 11.4 Å². The summed E-state index contributed by atoms with van der Waals surface area (Å²) in [4.78, 5) is 22.2. The van der Waals surface area contributed by atoms with Gasteiger partial charge in [-0.1, -0.05) is 53.7 Å². The van der Waals surface area contributed by atoms with Gasteiger partial charge in [0.25, 0.3) is 5.91 Å². The molecule has 0 fully saturated rings. The number of fused-ring (bicyclic) bond motifs is 1. The summed E-state index contributed by atoms with van der Waals surface area (Å²) < 4.78 is 7.40. The molecular weight excluding hydrogens is 496 g/mol. The van der Waals surface area contributed by atoms with Gasteiger partial charge in [-0.05, 0) is 42.0 Å². The number of furan rings is 1. The molecule has 4 heterocycles. The Hall–Kier alpha value is -3.95. The summed E-state index contributed by atoms with van der Waals surface area (Å²) in [6.07, 6.45) is 5.38. The molecule has 5 aromatic rings. The Labute approximate surface area is 215 Å². The third-order valence-corrected chi connectivity index (χ3v) is 7.12. The van der Waals surface area contributed by atoms with E-state index in [9.17, 15) is 4.79 Å². The standard InChI is InChI=1S/C26H19ClN6O2S/c27-18-10-8-17(9-11-18)21-13-22(23-7-4-12-35-23)33(31-21)24(34)15-36-26-20-14-30-32(25(20)28-16-29-26)19-5-2-1-3-6-19/h1-12,14,16,22H,13,15H2. The molecule has 178 valence electrons. The maximum atomic E-state index is 13.4. The van der Waals surface area contributed by atoms with Gasteiger partial charge in [0.1, 0.15) is 23.2 Å². The average Bonchev–Trinajstić information content (AvgIpc) is 3.68. The van der Waals surface area contributed by atoms with E-state index < -0.39 is 0 Å². The Morgan fingerprint density at radius 2 is 1.89 bits per heavy atom. The van der Waals surface area contributed by atoms with Gasteiger partial charge in [-0.3, -0.25) is 4.79 Å². The number of carbonyl (C=O) groups is 1. The number of rotatable bonds is 6. The normalized spacial score (nSPS) is 15.4. The Morgan fingerprint density at radius 1 is 1.06 bits per heavy atom. The largest absolute Gasteiger partial charge is 0.467 e. The van der Waals surface area contributed by atoms with E-state index in [1.54, 1.807) is 17.1 Å². The van der Waals surface area contributed by atoms with Crippen LogP contribution in [-0.2, 0) is 4.79 Å². The average molecular weight is 515 g/mol. The first-order valence-electron chi connectivity index (χ1n) is 11.2. The maximum Gasteiger partial charge on any atom is 0.253 e. The molecule has 0 saturated heterocycles. The lowest BCUT2D eigenvalue weighted by atomic mass is 10.0. The van der Waals surface area contributed by atoms with Crippen molar-refractivity contribution in [3.05, 3.63) is 102 Å². The van der Waals surface area contributed by atoms with Crippen LogP contribution in [-0.4, -0.2) is 42.1 Å². The van der Waals surface area contributed by atoms with Crippen LogP contribution >= 0.6 is 23.4 Å². The number of amides is 1. The van der Waals surface area contributed by atoms with E-state index in [1.807, 2.05) is 66.7 Å². The summed E-state index contributed by atoms with van der Waals surface area (Å²) in [7, 11) is 0. The summed E-state index contributed by atoms with van der Waals surface area (Å²) in [6, 6.07) is 20.6. The zero-order valence-electron chi connectivity index (χ0n) is 18.9. The minimum atomic E-state index is -0.315. The predicted molar refractivity (Wildman–Crippen MR) is 138 cm³/mol. The van der Waals surface area contributed by atoms with E-state index in [2.05, 4.69) is 20.2 Å². The molecule has 1 unspecified atom stereocenters. The van der Waals surface area contributed by atoms with Crippen LogP contribution in [0.3, 0.4) is 0 Å². The highest BCUT2D eigenvalue weighted by atomic mass is 35.5. The first kappa shape index (κ1) is 22.5. The fourth-order valence-electron chi connectivity index (χ4n) is 4.15. The lowest BCUT2D eigenvalue weighted by molar-refractivity contribution is -0.130. The molecule has 6 rings (SSSR count). The highest BCUT2D eigenvalue weighted by Gasteiger charge is 2.34. The molecule has 10 heteroatoms. The number of hydrogen-bond acceptors (Lipinski definition) is 7. The summed E-state index contributed by atoms with van der Waals surface area (Å²) in [6.45, 7) is 0. The second kappa shape index (κ2) is 9.60. The molecule has 1 amide bonds. The van der Waals surface area contributed by atoms with Crippen LogP contribution in [0.1, 0.15) is 23.8 Å². The number of para-hydroxylation sites is 1. The molecular formula is C26H19ClN6O2S. The van der Waals surface area contributed by atoms with Gasteiger partial charge in [-0.25, -0.2) is 19.7 Å². The third-order valence-electron chi connectivity index (χ3n) is 5.88. The molecule has 36 heavy (non-hydrogen) atoms. The lowest BCUT2D eigenvalue weighted by Crippen LogP contribution is -2.28. The van der Waals surface area contributed by atoms with Crippen molar-refractivity contribution in [2.24, 2.45) is 5.10 Å². The van der Waals surface area contributed by atoms with Crippen molar-refractivity contribution in [2.45, 2.75) is 17.5 Å². The summed E-state index contributed by atoms with van der Waals surface area (Å²) in [5, 5.41) is 12.8. The van der Waals surface area contributed by atoms with E-state index in [-0.39, 0.29) is 17.7 Å². The van der Waals surface area contributed by atoms with Crippen LogP contribution in [0.15, 0.2) is 100 Å². The van der Waals surface area contributed by atoms with Crippen molar-refractivity contribution in [1.82, 2.24) is 24.8 Å². The van der Waals surface area contributed by atoms with Crippen LogP contribution in [0, 0.1) is 0 Å². The molecule has 3 aromatic heterocycles. The van der Waals surface area contributed by atoms with Crippen LogP contribution in [0.25, 0.3) is 16.7 Å². The van der Waals surface area contributed by atoms with Crippen molar-refractivity contribution in [2.75, 3.05) is 5.75 Å². The molecule has 8 nitrogen and oxygen atoms in total. The van der Waals surface area contributed by atoms with Gasteiger partial charge in [0.05, 0.1) is 35.0 Å². The third kappa shape index (κ3) is 4.27. The number of carbonyl (C=O) groups excluding carboxylic acids is 1. The fourth-order valence-corrected chi connectivity index (χ4v) is 5.09. The van der Waals surface area contributed by atoms with E-state index in [0.29, 0.717) is 27.9 Å². The monoisotopic (exact) mass is 514 g/mol. The first-order valence-corrected chi connectivity index (χ1v) is 12.6. The van der Waals surface area contributed by atoms with Crippen molar-refractivity contribution in [3.8, 4) is 5.69 Å². The van der Waals surface area contributed by atoms with E-state index in [1.165, 1.54) is 23.1 Å². The fraction of sp³-hybridized carbons (Fsp3) is 0.115. The second-order valence-corrected chi connectivity index (χ2v) is 9.52. The van der Waals surface area contributed by atoms with Gasteiger partial charge in [-0.15, -0.1) is 0 Å². The van der Waals surface area contributed by atoms with Crippen LogP contribution in [0.2, 0.25) is 5.02 Å². The Balaban J connectivity index is 1.25. The van der Waals surface area contributed by atoms with Crippen LogP contribution in [0.4, 0.5) is 0 Å². The number of aromatic nitrogens is 4. The lowest BCUT2D eigenvalue weighted by Gasteiger charge is -2.19. The minimum Gasteiger partial charge on any atom is -0.467 e. The second-order valence-electron chi connectivity index (χ2n) is 8.12. The highest BCUT2D eigenvalue weighted by molar-refractivity contribution is 8.00. The SMILES string of the molecule is O=C(CSc1ncnc2c1cnn2-c1ccccc1)N1N=C(c2ccc(Cl)cc2)CC1c1ccco1. The molecule has 1 aliphatic rings. The highest BCUT2D eigenvalue weighted by Crippen LogP contribution is 2.34. The summed E-state index contributed by atoms with van der Waals surface area (Å²) in [5.41, 5.74) is 3.31. The van der Waals surface area contributed by atoms with Gasteiger partial charge in [-0.2, -0.15) is 10.2 Å². The van der Waals surface area contributed by atoms with Crippen molar-refractivity contribution in [1.29, 1.82) is 0 Å². The smallest absolute Gasteiger partial charge is 0.253 e. The number of benzene rings is 2. The first-order chi connectivity index (χ1) is 17.7. The number of hydrogen-bond donors (Lipinski definition) is 0. The molecule has 0 N–H and O–H groups in total.